The lowest BCUT2D eigenvalue weighted by Gasteiger charge is -2.40. The Morgan fingerprint density at radius 3 is 1.90 bits per heavy atom. The first kappa shape index (κ1) is 21.5. The van der Waals surface area contributed by atoms with Crippen LogP contribution in [0, 0.1) is 49.5 Å². The van der Waals surface area contributed by atoms with Crippen molar-refractivity contribution in [2.24, 2.45) is 11.1 Å². The molecule has 2 aromatic carbocycles. The van der Waals surface area contributed by atoms with Gasteiger partial charge in [0.2, 0.25) is 6.04 Å². The second kappa shape index (κ2) is 8.28. The van der Waals surface area contributed by atoms with Crippen LogP contribution in [0.15, 0.2) is 68.7 Å². The van der Waals surface area contributed by atoms with Crippen LogP contribution in [0.5, 0.6) is 0 Å². The van der Waals surface area contributed by atoms with Gasteiger partial charge >= 0.3 is 0 Å². The summed E-state index contributed by atoms with van der Waals surface area (Å²) in [4.78, 5) is 11.9. The van der Waals surface area contributed by atoms with Gasteiger partial charge in [-0.1, -0.05) is 68.3 Å². The van der Waals surface area contributed by atoms with E-state index in [2.05, 4.69) is 31.9 Å². The van der Waals surface area contributed by atoms with Crippen molar-refractivity contribution < 1.29 is 4.92 Å². The van der Waals surface area contributed by atoms with Crippen LogP contribution < -0.4 is 5.73 Å². The highest BCUT2D eigenvalue weighted by Gasteiger charge is 2.61. The Labute approximate surface area is 189 Å². The van der Waals surface area contributed by atoms with Crippen LogP contribution in [0.3, 0.4) is 0 Å². The summed E-state index contributed by atoms with van der Waals surface area (Å²) in [6.45, 7) is 0. The van der Waals surface area contributed by atoms with Gasteiger partial charge in [0.05, 0.1) is 41.3 Å². The molecule has 2 aromatic rings. The highest BCUT2D eigenvalue weighted by Crippen LogP contribution is 2.55. The van der Waals surface area contributed by atoms with Gasteiger partial charge in [0, 0.05) is 13.9 Å². The van der Waals surface area contributed by atoms with E-state index in [0.29, 0.717) is 20.1 Å². The molecule has 0 radical (unpaired) electrons. The van der Waals surface area contributed by atoms with Gasteiger partial charge in [-0.25, -0.2) is 0 Å². The molecular formula is C21H13Br2N5O2. The van der Waals surface area contributed by atoms with Crippen molar-refractivity contribution in [1.29, 1.82) is 15.8 Å². The second-order valence-electron chi connectivity index (χ2n) is 6.75. The number of nitrogens with zero attached hydrogens (tertiary/aromatic N) is 4. The standard InChI is InChI=1S/C21H13Br2N5O2/c22-15-7-3-1-5-12(15)17-14(9-24)20(27)21(10-25,11-26)18(19(17)28(29)30)13-6-2-4-8-16(13)23/h1-8,17-19H,27H2/t17-,18+,19-/m0/s1. The van der Waals surface area contributed by atoms with Crippen molar-refractivity contribution in [3.05, 3.63) is 90.0 Å². The molecule has 9 heteroatoms. The molecule has 0 fully saturated rings. The zero-order valence-electron chi connectivity index (χ0n) is 15.3. The van der Waals surface area contributed by atoms with Crippen LogP contribution in [-0.4, -0.2) is 11.0 Å². The first-order valence-electron chi connectivity index (χ1n) is 8.69. The highest BCUT2D eigenvalue weighted by atomic mass is 79.9. The average molecular weight is 527 g/mol. The minimum absolute atomic E-state index is 0.144. The average Bonchev–Trinajstić information content (AvgIpc) is 2.74. The minimum Gasteiger partial charge on any atom is -0.399 e. The normalized spacial score (nSPS) is 22.4. The quantitative estimate of drug-likeness (QED) is 0.460. The van der Waals surface area contributed by atoms with E-state index in [0.717, 1.165) is 0 Å². The molecule has 1 aliphatic carbocycles. The number of nitro groups is 1. The number of rotatable bonds is 3. The molecular weight excluding hydrogens is 514 g/mol. The monoisotopic (exact) mass is 525 g/mol. The lowest BCUT2D eigenvalue weighted by Crippen LogP contribution is -2.50. The maximum absolute atomic E-state index is 12.4. The molecule has 0 heterocycles. The molecule has 0 saturated carbocycles. The van der Waals surface area contributed by atoms with Crippen molar-refractivity contribution in [2.45, 2.75) is 17.9 Å². The summed E-state index contributed by atoms with van der Waals surface area (Å²) in [5, 5.41) is 42.3. The topological polar surface area (TPSA) is 141 Å². The predicted molar refractivity (Wildman–Crippen MR) is 115 cm³/mol. The van der Waals surface area contributed by atoms with Crippen molar-refractivity contribution in [3.8, 4) is 18.2 Å². The highest BCUT2D eigenvalue weighted by molar-refractivity contribution is 9.10. The first-order chi connectivity index (χ1) is 14.3. The SMILES string of the molecule is N#CC1=C(N)C(C#N)(C#N)[C@H](c2ccccc2Br)[C@@H]([N+](=O)[O-])[C@H]1c1ccccc1Br. The summed E-state index contributed by atoms with van der Waals surface area (Å²) < 4.78 is 1.07. The van der Waals surface area contributed by atoms with Gasteiger partial charge in [-0.05, 0) is 23.3 Å². The first-order valence-corrected chi connectivity index (χ1v) is 10.3. The Morgan fingerprint density at radius 2 is 1.47 bits per heavy atom. The third-order valence-electron chi connectivity index (χ3n) is 5.37. The zero-order chi connectivity index (χ0) is 22.1. The van der Waals surface area contributed by atoms with Gasteiger partial charge in [-0.2, -0.15) is 15.8 Å². The van der Waals surface area contributed by atoms with E-state index in [-0.39, 0.29) is 11.3 Å². The fourth-order valence-electron chi connectivity index (χ4n) is 4.04. The molecule has 148 valence electrons. The lowest BCUT2D eigenvalue weighted by molar-refractivity contribution is -0.532. The van der Waals surface area contributed by atoms with E-state index in [9.17, 15) is 25.9 Å². The van der Waals surface area contributed by atoms with Crippen LogP contribution in [0.4, 0.5) is 0 Å². The molecule has 0 amide bonds. The van der Waals surface area contributed by atoms with Crippen LogP contribution in [0.1, 0.15) is 23.0 Å². The van der Waals surface area contributed by atoms with E-state index in [1.807, 2.05) is 18.2 Å². The van der Waals surface area contributed by atoms with Crippen molar-refractivity contribution in [3.63, 3.8) is 0 Å². The molecule has 0 saturated heterocycles. The van der Waals surface area contributed by atoms with Crippen molar-refractivity contribution in [1.82, 2.24) is 0 Å². The molecule has 2 N–H and O–H groups in total. The van der Waals surface area contributed by atoms with E-state index in [1.54, 1.807) is 48.5 Å². The fraction of sp³-hybridized carbons (Fsp3) is 0.190. The Morgan fingerprint density at radius 1 is 0.967 bits per heavy atom. The molecule has 0 spiro atoms. The summed E-state index contributed by atoms with van der Waals surface area (Å²) in [5.74, 6) is -2.26. The molecule has 0 unspecified atom stereocenters. The smallest absolute Gasteiger partial charge is 0.234 e. The summed E-state index contributed by atoms with van der Waals surface area (Å²) in [6, 6.07) is 17.8. The van der Waals surface area contributed by atoms with Gasteiger partial charge in [-0.15, -0.1) is 0 Å². The maximum atomic E-state index is 12.4. The summed E-state index contributed by atoms with van der Waals surface area (Å²) in [5.41, 5.74) is 4.68. The van der Waals surface area contributed by atoms with Crippen molar-refractivity contribution in [2.75, 3.05) is 0 Å². The molecule has 0 aromatic heterocycles. The molecule has 3 rings (SSSR count). The Hall–Kier alpha value is -3.19. The van der Waals surface area contributed by atoms with Crippen LogP contribution in [0.2, 0.25) is 0 Å². The number of hydrogen-bond acceptors (Lipinski definition) is 6. The molecule has 7 nitrogen and oxygen atoms in total. The van der Waals surface area contributed by atoms with Gasteiger partial charge < -0.3 is 5.73 Å². The molecule has 30 heavy (non-hydrogen) atoms. The van der Waals surface area contributed by atoms with E-state index in [1.165, 1.54) is 0 Å². The lowest BCUT2D eigenvalue weighted by atomic mass is 9.58. The number of halogens is 2. The summed E-state index contributed by atoms with van der Waals surface area (Å²) >= 11 is 6.79. The van der Waals surface area contributed by atoms with Crippen LogP contribution in [0.25, 0.3) is 0 Å². The largest absolute Gasteiger partial charge is 0.399 e. The molecule has 0 aliphatic heterocycles. The number of nitriles is 3. The summed E-state index contributed by atoms with van der Waals surface area (Å²) in [6.07, 6.45) is 0. The van der Waals surface area contributed by atoms with E-state index < -0.39 is 28.2 Å². The van der Waals surface area contributed by atoms with Crippen molar-refractivity contribution >= 4 is 31.9 Å². The van der Waals surface area contributed by atoms with Crippen LogP contribution in [-0.2, 0) is 0 Å². The Balaban J connectivity index is 2.48. The number of benzene rings is 2. The Bertz CT molecular complexity index is 1170. The number of allylic oxidation sites excluding steroid dienone is 1. The van der Waals surface area contributed by atoms with Gasteiger partial charge in [-0.3, -0.25) is 10.1 Å². The maximum Gasteiger partial charge on any atom is 0.234 e. The predicted octanol–water partition coefficient (Wildman–Crippen LogP) is 4.51. The van der Waals surface area contributed by atoms with Gasteiger partial charge in [0.15, 0.2) is 5.41 Å². The van der Waals surface area contributed by atoms with Gasteiger partial charge in [0.25, 0.3) is 0 Å². The Kier molecular flexibility index (Phi) is 5.94. The third-order valence-corrected chi connectivity index (χ3v) is 6.82. The molecule has 1 aliphatic rings. The molecule has 3 atom stereocenters. The van der Waals surface area contributed by atoms with E-state index in [4.69, 9.17) is 5.73 Å². The second-order valence-corrected chi connectivity index (χ2v) is 8.45. The number of hydrogen-bond donors (Lipinski definition) is 1. The molecule has 0 bridgehead atoms. The third kappa shape index (κ3) is 3.15. The van der Waals surface area contributed by atoms with Crippen LogP contribution >= 0.6 is 31.9 Å². The number of nitrogens with two attached hydrogens (primary N) is 1. The fourth-order valence-corrected chi connectivity index (χ4v) is 5.10. The van der Waals surface area contributed by atoms with E-state index >= 15 is 0 Å². The minimum atomic E-state index is -2.08. The van der Waals surface area contributed by atoms with Gasteiger partial charge in [0.1, 0.15) is 0 Å². The summed E-state index contributed by atoms with van der Waals surface area (Å²) in [7, 11) is 0. The zero-order valence-corrected chi connectivity index (χ0v) is 18.5.